The highest BCUT2D eigenvalue weighted by atomic mass is 16.4. The van der Waals surface area contributed by atoms with E-state index in [2.05, 4.69) is 4.90 Å². The van der Waals surface area contributed by atoms with E-state index < -0.39 is 6.09 Å². The van der Waals surface area contributed by atoms with Gasteiger partial charge in [-0.3, -0.25) is 5.84 Å². The molecule has 0 aromatic carbocycles. The molecule has 6 heteroatoms. The van der Waals surface area contributed by atoms with E-state index in [-0.39, 0.29) is 6.04 Å². The van der Waals surface area contributed by atoms with Crippen molar-refractivity contribution in [1.82, 2.24) is 14.8 Å². The molecule has 0 aromatic heterocycles. The molecule has 1 aliphatic heterocycles. The Kier molecular flexibility index (Phi) is 3.90. The quantitative estimate of drug-likeness (QED) is 0.621. The van der Waals surface area contributed by atoms with Crippen LogP contribution >= 0.6 is 0 Å². The summed E-state index contributed by atoms with van der Waals surface area (Å²) in [5, 5.41) is 10.5. The molecule has 1 amide bonds. The molecule has 0 saturated carbocycles. The van der Waals surface area contributed by atoms with Crippen LogP contribution in [0.3, 0.4) is 0 Å². The monoisotopic (exact) mass is 216 g/mol. The first-order chi connectivity index (χ1) is 6.91. The molecule has 0 aromatic rings. The number of hydrazine groups is 1. The summed E-state index contributed by atoms with van der Waals surface area (Å²) >= 11 is 0. The zero-order chi connectivity index (χ0) is 11.6. The van der Waals surface area contributed by atoms with Crippen LogP contribution in [0.15, 0.2) is 0 Å². The van der Waals surface area contributed by atoms with Gasteiger partial charge in [0.25, 0.3) is 0 Å². The van der Waals surface area contributed by atoms with Crippen LogP contribution in [-0.4, -0.2) is 72.3 Å². The second-order valence-electron chi connectivity index (χ2n) is 4.37. The van der Waals surface area contributed by atoms with Crippen LogP contribution in [-0.2, 0) is 0 Å². The number of rotatable bonds is 3. The van der Waals surface area contributed by atoms with Crippen molar-refractivity contribution in [2.24, 2.45) is 5.84 Å². The van der Waals surface area contributed by atoms with Crippen molar-refractivity contribution in [2.75, 3.05) is 34.2 Å². The largest absolute Gasteiger partial charge is 0.465 e. The van der Waals surface area contributed by atoms with Crippen LogP contribution in [0.5, 0.6) is 0 Å². The highest BCUT2D eigenvalue weighted by Crippen LogP contribution is 2.18. The van der Waals surface area contributed by atoms with Gasteiger partial charge in [-0.1, -0.05) is 0 Å². The van der Waals surface area contributed by atoms with Crippen molar-refractivity contribution in [3.05, 3.63) is 0 Å². The molecule has 3 N–H and O–H groups in total. The standard InChI is InChI=1S/C9H20N4O2/c1-11(2)7-4-8(13(10)6-7)5-12(3)9(14)15/h7-8H,4-6,10H2,1-3H3,(H,14,15). The molecule has 2 atom stereocenters. The maximum Gasteiger partial charge on any atom is 0.407 e. The summed E-state index contributed by atoms with van der Waals surface area (Å²) in [7, 11) is 5.60. The average Bonchev–Trinajstić information content (AvgIpc) is 2.47. The minimum atomic E-state index is -0.906. The number of hydrogen-bond acceptors (Lipinski definition) is 4. The third-order valence-corrected chi connectivity index (χ3v) is 2.98. The molecule has 1 heterocycles. The molecule has 88 valence electrons. The topological polar surface area (TPSA) is 73.0 Å². The minimum Gasteiger partial charge on any atom is -0.465 e. The van der Waals surface area contributed by atoms with Gasteiger partial charge in [0.05, 0.1) is 0 Å². The van der Waals surface area contributed by atoms with E-state index in [0.29, 0.717) is 12.6 Å². The SMILES string of the molecule is CN(CC1CC(N(C)C)CN1N)C(=O)O. The lowest BCUT2D eigenvalue weighted by Gasteiger charge is -2.23. The number of amides is 1. The highest BCUT2D eigenvalue weighted by Gasteiger charge is 2.32. The second kappa shape index (κ2) is 4.78. The van der Waals surface area contributed by atoms with Crippen molar-refractivity contribution < 1.29 is 9.90 Å². The van der Waals surface area contributed by atoms with Gasteiger partial charge in [-0.15, -0.1) is 0 Å². The van der Waals surface area contributed by atoms with Gasteiger partial charge in [0.2, 0.25) is 0 Å². The lowest BCUT2D eigenvalue weighted by atomic mass is 10.1. The van der Waals surface area contributed by atoms with Gasteiger partial charge in [-0.2, -0.15) is 0 Å². The molecule has 1 rings (SSSR count). The number of carbonyl (C=O) groups is 1. The van der Waals surface area contributed by atoms with Gasteiger partial charge in [0.15, 0.2) is 0 Å². The first kappa shape index (κ1) is 12.2. The first-order valence-electron chi connectivity index (χ1n) is 5.03. The van der Waals surface area contributed by atoms with Gasteiger partial charge in [-0.05, 0) is 20.5 Å². The summed E-state index contributed by atoms with van der Waals surface area (Å²) < 4.78 is 0. The van der Waals surface area contributed by atoms with Crippen LogP contribution in [0.4, 0.5) is 4.79 Å². The summed E-state index contributed by atoms with van der Waals surface area (Å²) in [4.78, 5) is 14.1. The van der Waals surface area contributed by atoms with Gasteiger partial charge in [0, 0.05) is 32.2 Å². The molecular formula is C9H20N4O2. The molecule has 1 fully saturated rings. The van der Waals surface area contributed by atoms with Crippen molar-refractivity contribution in [3.63, 3.8) is 0 Å². The van der Waals surface area contributed by atoms with Crippen molar-refractivity contribution in [2.45, 2.75) is 18.5 Å². The zero-order valence-corrected chi connectivity index (χ0v) is 9.55. The second-order valence-corrected chi connectivity index (χ2v) is 4.37. The van der Waals surface area contributed by atoms with Crippen LogP contribution in [0.25, 0.3) is 0 Å². The van der Waals surface area contributed by atoms with Crippen molar-refractivity contribution in [3.8, 4) is 0 Å². The molecular weight excluding hydrogens is 196 g/mol. The van der Waals surface area contributed by atoms with E-state index in [1.165, 1.54) is 4.90 Å². The Morgan fingerprint density at radius 2 is 2.13 bits per heavy atom. The molecule has 1 aliphatic rings. The number of hydrogen-bond donors (Lipinski definition) is 2. The van der Waals surface area contributed by atoms with Gasteiger partial charge in [-0.25, -0.2) is 9.80 Å². The highest BCUT2D eigenvalue weighted by molar-refractivity contribution is 5.64. The third kappa shape index (κ3) is 3.05. The molecule has 1 saturated heterocycles. The summed E-state index contributed by atoms with van der Waals surface area (Å²) in [5.74, 6) is 5.84. The molecule has 0 spiro atoms. The normalized spacial score (nSPS) is 27.3. The Labute approximate surface area is 90.2 Å². The molecule has 0 radical (unpaired) electrons. The predicted octanol–water partition coefficient (Wildman–Crippen LogP) is -0.526. The van der Waals surface area contributed by atoms with Gasteiger partial charge >= 0.3 is 6.09 Å². The summed E-state index contributed by atoms with van der Waals surface area (Å²) in [6, 6.07) is 0.542. The average molecular weight is 216 g/mol. The molecule has 2 unspecified atom stereocenters. The smallest absolute Gasteiger partial charge is 0.407 e. The summed E-state index contributed by atoms with van der Waals surface area (Å²) in [5.41, 5.74) is 0. The van der Waals surface area contributed by atoms with Crippen LogP contribution in [0.2, 0.25) is 0 Å². The Balaban J connectivity index is 2.47. The van der Waals surface area contributed by atoms with Crippen LogP contribution in [0, 0.1) is 0 Å². The summed E-state index contributed by atoms with van der Waals surface area (Å²) in [6.07, 6.45) is 0.0119. The Hall–Kier alpha value is -0.850. The van der Waals surface area contributed by atoms with Crippen LogP contribution < -0.4 is 5.84 Å². The fourth-order valence-electron chi connectivity index (χ4n) is 1.86. The number of nitrogens with two attached hydrogens (primary N) is 1. The molecule has 0 bridgehead atoms. The van der Waals surface area contributed by atoms with Crippen LogP contribution in [0.1, 0.15) is 6.42 Å². The summed E-state index contributed by atoms with van der Waals surface area (Å²) in [6.45, 7) is 1.27. The number of nitrogens with zero attached hydrogens (tertiary/aromatic N) is 3. The number of carboxylic acid groups (broad SMARTS) is 1. The van der Waals surface area contributed by atoms with E-state index in [0.717, 1.165) is 13.0 Å². The fraction of sp³-hybridized carbons (Fsp3) is 0.889. The minimum absolute atomic E-state index is 0.124. The van der Waals surface area contributed by atoms with Gasteiger partial charge < -0.3 is 14.9 Å². The first-order valence-corrected chi connectivity index (χ1v) is 5.03. The molecule has 0 aliphatic carbocycles. The Bertz CT molecular complexity index is 234. The van der Waals surface area contributed by atoms with E-state index in [1.807, 2.05) is 14.1 Å². The maximum absolute atomic E-state index is 10.7. The van der Waals surface area contributed by atoms with E-state index in [4.69, 9.17) is 10.9 Å². The zero-order valence-electron chi connectivity index (χ0n) is 9.55. The maximum atomic E-state index is 10.7. The van der Waals surface area contributed by atoms with E-state index in [1.54, 1.807) is 12.1 Å². The molecule has 15 heavy (non-hydrogen) atoms. The lowest BCUT2D eigenvalue weighted by molar-refractivity contribution is 0.138. The van der Waals surface area contributed by atoms with Crippen molar-refractivity contribution >= 4 is 6.09 Å². The van der Waals surface area contributed by atoms with E-state index in [9.17, 15) is 4.79 Å². The fourth-order valence-corrected chi connectivity index (χ4v) is 1.86. The van der Waals surface area contributed by atoms with Crippen molar-refractivity contribution in [1.29, 1.82) is 0 Å². The Morgan fingerprint density at radius 1 is 1.53 bits per heavy atom. The van der Waals surface area contributed by atoms with E-state index >= 15 is 0 Å². The number of likely N-dealkylation sites (N-methyl/N-ethyl adjacent to an activating group) is 2. The lowest BCUT2D eigenvalue weighted by Crippen LogP contribution is -2.44. The third-order valence-electron chi connectivity index (χ3n) is 2.98. The van der Waals surface area contributed by atoms with Gasteiger partial charge in [0.1, 0.15) is 0 Å². The Morgan fingerprint density at radius 3 is 2.53 bits per heavy atom. The predicted molar refractivity (Wildman–Crippen MR) is 57.4 cm³/mol. The molecule has 6 nitrogen and oxygen atoms in total.